The molecular weight excluding hydrogens is 143 g/mol. The average molecular weight is 150 g/mol. The van der Waals surface area contributed by atoms with Gasteiger partial charge in [0, 0.05) is 18.6 Å². The van der Waals surface area contributed by atoms with Gasteiger partial charge in [0.25, 0.3) is 0 Å². The lowest BCUT2D eigenvalue weighted by Crippen LogP contribution is -1.88. The Bertz CT molecular complexity index is 392. The molecule has 2 rings (SSSR count). The number of aryl methyl sites for hydroxylation is 1. The summed E-state index contributed by atoms with van der Waals surface area (Å²) in [6, 6.07) is 1.47. The van der Waals surface area contributed by atoms with E-state index in [0.29, 0.717) is 0 Å². The van der Waals surface area contributed by atoms with Crippen molar-refractivity contribution in [2.24, 2.45) is 0 Å². The van der Waals surface area contributed by atoms with Gasteiger partial charge < -0.3 is 4.40 Å². The van der Waals surface area contributed by atoms with Crippen LogP contribution in [-0.2, 0) is 0 Å². The van der Waals surface area contributed by atoms with Crippen LogP contribution in [0.5, 0.6) is 0 Å². The summed E-state index contributed by atoms with van der Waals surface area (Å²) in [6.07, 6.45) is 4.79. The van der Waals surface area contributed by atoms with Crippen LogP contribution in [0.2, 0.25) is 0 Å². The van der Waals surface area contributed by atoms with Crippen LogP contribution in [0.3, 0.4) is 0 Å². The molecule has 0 spiro atoms. The molecule has 0 aliphatic rings. The molecule has 0 aliphatic carbocycles. The maximum absolute atomic E-state index is 12.7. The van der Waals surface area contributed by atoms with E-state index >= 15 is 0 Å². The van der Waals surface area contributed by atoms with E-state index in [9.17, 15) is 4.39 Å². The third kappa shape index (κ3) is 0.888. The zero-order chi connectivity index (χ0) is 7.84. The maximum Gasteiger partial charge on any atom is 0.140 e. The largest absolute Gasteiger partial charge is 0.304 e. The molecule has 3 heteroatoms. The second kappa shape index (κ2) is 2.05. The van der Waals surface area contributed by atoms with E-state index in [4.69, 9.17) is 0 Å². The Morgan fingerprint density at radius 1 is 1.55 bits per heavy atom. The van der Waals surface area contributed by atoms with Crippen molar-refractivity contribution >= 4 is 5.65 Å². The molecule has 2 aromatic rings. The first kappa shape index (κ1) is 6.34. The molecular formula is C8H7FN2. The Balaban J connectivity index is 2.91. The highest BCUT2D eigenvalue weighted by Gasteiger charge is 1.99. The number of imidazole rings is 1. The third-order valence-corrected chi connectivity index (χ3v) is 1.64. The summed E-state index contributed by atoms with van der Waals surface area (Å²) in [6.45, 7) is 1.84. The van der Waals surface area contributed by atoms with Gasteiger partial charge in [0.15, 0.2) is 0 Å². The fraction of sp³-hybridized carbons (Fsp3) is 0.125. The fourth-order valence-electron chi connectivity index (χ4n) is 1.16. The van der Waals surface area contributed by atoms with Crippen molar-refractivity contribution in [2.75, 3.05) is 0 Å². The molecule has 2 heterocycles. The highest BCUT2D eigenvalue weighted by Crippen LogP contribution is 2.08. The van der Waals surface area contributed by atoms with Crippen LogP contribution in [0.4, 0.5) is 4.39 Å². The van der Waals surface area contributed by atoms with E-state index in [1.165, 1.54) is 12.3 Å². The summed E-state index contributed by atoms with van der Waals surface area (Å²) in [4.78, 5) is 4.06. The van der Waals surface area contributed by atoms with E-state index < -0.39 is 0 Å². The van der Waals surface area contributed by atoms with E-state index in [-0.39, 0.29) is 5.82 Å². The van der Waals surface area contributed by atoms with E-state index in [0.717, 1.165) is 11.2 Å². The number of hydrogen-bond donors (Lipinski definition) is 0. The lowest BCUT2D eigenvalue weighted by atomic mass is 10.3. The van der Waals surface area contributed by atoms with Crippen LogP contribution in [0.25, 0.3) is 5.65 Å². The van der Waals surface area contributed by atoms with Crippen molar-refractivity contribution in [1.29, 1.82) is 0 Å². The van der Waals surface area contributed by atoms with E-state index in [1.807, 2.05) is 6.92 Å². The average Bonchev–Trinajstić information content (AvgIpc) is 2.34. The molecule has 2 nitrogen and oxygen atoms in total. The molecule has 0 aliphatic heterocycles. The number of rotatable bonds is 0. The molecule has 0 radical (unpaired) electrons. The van der Waals surface area contributed by atoms with Crippen molar-refractivity contribution in [3.8, 4) is 0 Å². The van der Waals surface area contributed by atoms with E-state index in [1.54, 1.807) is 16.8 Å². The molecule has 0 amide bonds. The van der Waals surface area contributed by atoms with Crippen molar-refractivity contribution < 1.29 is 4.39 Å². The lowest BCUT2D eigenvalue weighted by molar-refractivity contribution is 0.618. The SMILES string of the molecule is Cc1cc(F)cn2ccnc12. The molecule has 0 unspecified atom stereocenters. The van der Waals surface area contributed by atoms with Crippen LogP contribution in [-0.4, -0.2) is 9.38 Å². The molecule has 56 valence electrons. The molecule has 0 fully saturated rings. The second-order valence-electron chi connectivity index (χ2n) is 2.50. The van der Waals surface area contributed by atoms with Gasteiger partial charge in [0.2, 0.25) is 0 Å². The van der Waals surface area contributed by atoms with Gasteiger partial charge in [-0.05, 0) is 18.6 Å². The Labute approximate surface area is 63.3 Å². The summed E-state index contributed by atoms with van der Waals surface area (Å²) in [5.74, 6) is -0.229. The third-order valence-electron chi connectivity index (χ3n) is 1.64. The second-order valence-corrected chi connectivity index (χ2v) is 2.50. The predicted molar refractivity (Wildman–Crippen MR) is 39.9 cm³/mol. The van der Waals surface area contributed by atoms with Gasteiger partial charge >= 0.3 is 0 Å². The number of halogens is 1. The van der Waals surface area contributed by atoms with Crippen molar-refractivity contribution in [3.05, 3.63) is 36.0 Å². The van der Waals surface area contributed by atoms with Gasteiger partial charge in [-0.2, -0.15) is 0 Å². The first-order valence-electron chi connectivity index (χ1n) is 3.36. The van der Waals surface area contributed by atoms with Crippen molar-refractivity contribution in [2.45, 2.75) is 6.92 Å². The zero-order valence-electron chi connectivity index (χ0n) is 6.08. The highest BCUT2D eigenvalue weighted by atomic mass is 19.1. The molecule has 0 N–H and O–H groups in total. The van der Waals surface area contributed by atoms with Gasteiger partial charge in [-0.25, -0.2) is 9.37 Å². The number of hydrogen-bond acceptors (Lipinski definition) is 1. The number of fused-ring (bicyclic) bond motifs is 1. The minimum absolute atomic E-state index is 0.229. The first-order valence-corrected chi connectivity index (χ1v) is 3.36. The summed E-state index contributed by atoms with van der Waals surface area (Å²) >= 11 is 0. The number of aromatic nitrogens is 2. The molecule has 0 saturated heterocycles. The number of pyridine rings is 1. The smallest absolute Gasteiger partial charge is 0.140 e. The Morgan fingerprint density at radius 3 is 3.18 bits per heavy atom. The van der Waals surface area contributed by atoms with Crippen LogP contribution in [0, 0.1) is 12.7 Å². The van der Waals surface area contributed by atoms with Crippen LogP contribution in [0.1, 0.15) is 5.56 Å². The van der Waals surface area contributed by atoms with Gasteiger partial charge in [-0.1, -0.05) is 0 Å². The van der Waals surface area contributed by atoms with Gasteiger partial charge in [-0.15, -0.1) is 0 Å². The van der Waals surface area contributed by atoms with Crippen molar-refractivity contribution in [1.82, 2.24) is 9.38 Å². The van der Waals surface area contributed by atoms with Crippen LogP contribution in [0.15, 0.2) is 24.7 Å². The van der Waals surface area contributed by atoms with Gasteiger partial charge in [0.1, 0.15) is 11.5 Å². The predicted octanol–water partition coefficient (Wildman–Crippen LogP) is 1.78. The maximum atomic E-state index is 12.7. The minimum Gasteiger partial charge on any atom is -0.304 e. The van der Waals surface area contributed by atoms with Gasteiger partial charge in [-0.3, -0.25) is 0 Å². The van der Waals surface area contributed by atoms with Gasteiger partial charge in [0.05, 0.1) is 0 Å². The zero-order valence-corrected chi connectivity index (χ0v) is 6.08. The Kier molecular flexibility index (Phi) is 1.18. The quantitative estimate of drug-likeness (QED) is 0.559. The monoisotopic (exact) mass is 150 g/mol. The summed E-state index contributed by atoms with van der Waals surface area (Å²) < 4.78 is 14.4. The lowest BCUT2D eigenvalue weighted by Gasteiger charge is -1.96. The summed E-state index contributed by atoms with van der Waals surface area (Å²) in [5.41, 5.74) is 1.67. The normalized spacial score (nSPS) is 10.7. The molecule has 0 saturated carbocycles. The topological polar surface area (TPSA) is 17.3 Å². The number of nitrogens with zero attached hydrogens (tertiary/aromatic N) is 2. The molecule has 2 aromatic heterocycles. The van der Waals surface area contributed by atoms with E-state index in [2.05, 4.69) is 4.98 Å². The summed E-state index contributed by atoms with van der Waals surface area (Å²) in [7, 11) is 0. The van der Waals surface area contributed by atoms with Crippen LogP contribution >= 0.6 is 0 Å². The first-order chi connectivity index (χ1) is 5.27. The Morgan fingerprint density at radius 2 is 2.36 bits per heavy atom. The summed E-state index contributed by atoms with van der Waals surface area (Å²) in [5, 5.41) is 0. The molecule has 0 aromatic carbocycles. The van der Waals surface area contributed by atoms with Crippen molar-refractivity contribution in [3.63, 3.8) is 0 Å². The Hall–Kier alpha value is -1.38. The minimum atomic E-state index is -0.229. The molecule has 11 heavy (non-hydrogen) atoms. The van der Waals surface area contributed by atoms with Crippen LogP contribution < -0.4 is 0 Å². The fourth-order valence-corrected chi connectivity index (χ4v) is 1.16. The molecule has 0 bridgehead atoms. The highest BCUT2D eigenvalue weighted by molar-refractivity contribution is 5.46. The molecule has 0 atom stereocenters. The standard InChI is InChI=1S/C8H7FN2/c1-6-4-7(9)5-11-3-2-10-8(6)11/h2-5H,1H3.